The van der Waals surface area contributed by atoms with E-state index < -0.39 is 0 Å². The summed E-state index contributed by atoms with van der Waals surface area (Å²) in [5.41, 5.74) is 2.52. The Hall–Kier alpha value is -1.42. The predicted molar refractivity (Wildman–Crippen MR) is 48.4 cm³/mol. The molecule has 4 heteroatoms. The Kier molecular flexibility index (Phi) is 1.77. The first-order valence-electron chi connectivity index (χ1n) is 4.14. The van der Waals surface area contributed by atoms with Crippen molar-refractivity contribution in [1.82, 2.24) is 14.4 Å². The van der Waals surface area contributed by atoms with Gasteiger partial charge in [-0.2, -0.15) is 0 Å². The average molecular weight is 177 g/mol. The standard InChI is InChI=1S/C9H11N3O/c1-6-8(5-13)12-7(2)10-4-3-9(12)11-6/h3-4,13H,5H2,1-2H3. The molecule has 1 N–H and O–H groups in total. The summed E-state index contributed by atoms with van der Waals surface area (Å²) in [6.45, 7) is 3.78. The van der Waals surface area contributed by atoms with Crippen molar-refractivity contribution in [1.29, 1.82) is 0 Å². The second-order valence-corrected chi connectivity index (χ2v) is 2.99. The Bertz CT molecular complexity index is 447. The van der Waals surface area contributed by atoms with Crippen molar-refractivity contribution in [2.45, 2.75) is 20.5 Å². The van der Waals surface area contributed by atoms with Gasteiger partial charge in [0.1, 0.15) is 11.5 Å². The summed E-state index contributed by atoms with van der Waals surface area (Å²) in [6, 6.07) is 1.83. The van der Waals surface area contributed by atoms with E-state index in [0.29, 0.717) is 0 Å². The SMILES string of the molecule is Cc1nc2ccnc(C)n2c1CO. The number of nitrogens with zero attached hydrogens (tertiary/aromatic N) is 3. The van der Waals surface area contributed by atoms with Gasteiger partial charge in [0.25, 0.3) is 0 Å². The molecule has 4 nitrogen and oxygen atoms in total. The van der Waals surface area contributed by atoms with Crippen LogP contribution < -0.4 is 0 Å². The lowest BCUT2D eigenvalue weighted by atomic mass is 10.3. The number of aryl methyl sites for hydroxylation is 2. The van der Waals surface area contributed by atoms with Gasteiger partial charge in [0, 0.05) is 6.20 Å². The molecule has 0 spiro atoms. The largest absolute Gasteiger partial charge is 0.390 e. The van der Waals surface area contributed by atoms with Crippen LogP contribution >= 0.6 is 0 Å². The highest BCUT2D eigenvalue weighted by molar-refractivity contribution is 5.42. The van der Waals surface area contributed by atoms with Gasteiger partial charge in [-0.15, -0.1) is 0 Å². The van der Waals surface area contributed by atoms with Crippen molar-refractivity contribution in [2.75, 3.05) is 0 Å². The molecule has 68 valence electrons. The highest BCUT2D eigenvalue weighted by Crippen LogP contribution is 2.12. The van der Waals surface area contributed by atoms with Crippen LogP contribution in [0.1, 0.15) is 17.2 Å². The Balaban J connectivity index is 2.88. The normalized spacial score (nSPS) is 11.0. The number of hydrogen-bond acceptors (Lipinski definition) is 3. The number of imidazole rings is 1. The fourth-order valence-corrected chi connectivity index (χ4v) is 1.51. The average Bonchev–Trinajstić information content (AvgIpc) is 2.42. The third kappa shape index (κ3) is 1.10. The van der Waals surface area contributed by atoms with Gasteiger partial charge in [0.15, 0.2) is 0 Å². The van der Waals surface area contributed by atoms with Crippen LogP contribution in [0.15, 0.2) is 12.3 Å². The molecule has 2 heterocycles. The molecule has 13 heavy (non-hydrogen) atoms. The number of aliphatic hydroxyl groups is 1. The molecule has 0 radical (unpaired) electrons. The summed E-state index contributed by atoms with van der Waals surface area (Å²) in [4.78, 5) is 8.45. The van der Waals surface area contributed by atoms with Gasteiger partial charge in [-0.1, -0.05) is 0 Å². The first-order valence-corrected chi connectivity index (χ1v) is 4.14. The zero-order valence-electron chi connectivity index (χ0n) is 7.65. The minimum atomic E-state index is -0.000463. The lowest BCUT2D eigenvalue weighted by Gasteiger charge is -2.01. The molecule has 0 atom stereocenters. The summed E-state index contributed by atoms with van der Waals surface area (Å²) >= 11 is 0. The van der Waals surface area contributed by atoms with Gasteiger partial charge in [0.2, 0.25) is 0 Å². The first kappa shape index (κ1) is 8.19. The van der Waals surface area contributed by atoms with Gasteiger partial charge >= 0.3 is 0 Å². The minimum absolute atomic E-state index is 0.000463. The van der Waals surface area contributed by atoms with Crippen LogP contribution in [0, 0.1) is 13.8 Å². The predicted octanol–water partition coefficient (Wildman–Crippen LogP) is 0.838. The van der Waals surface area contributed by atoms with E-state index in [1.54, 1.807) is 6.20 Å². The second kappa shape index (κ2) is 2.81. The summed E-state index contributed by atoms with van der Waals surface area (Å²) in [7, 11) is 0. The van der Waals surface area contributed by atoms with Crippen LogP contribution in [-0.4, -0.2) is 19.5 Å². The Morgan fingerprint density at radius 3 is 2.92 bits per heavy atom. The van der Waals surface area contributed by atoms with Gasteiger partial charge < -0.3 is 5.11 Å². The third-order valence-electron chi connectivity index (χ3n) is 2.16. The van der Waals surface area contributed by atoms with E-state index in [-0.39, 0.29) is 6.61 Å². The maximum Gasteiger partial charge on any atom is 0.140 e. The van der Waals surface area contributed by atoms with Crippen molar-refractivity contribution >= 4 is 5.65 Å². The number of fused-ring (bicyclic) bond motifs is 1. The zero-order chi connectivity index (χ0) is 9.42. The van der Waals surface area contributed by atoms with E-state index >= 15 is 0 Å². The van der Waals surface area contributed by atoms with Crippen LogP contribution in [0.4, 0.5) is 0 Å². The Morgan fingerprint density at radius 1 is 1.46 bits per heavy atom. The molecule has 0 bridgehead atoms. The molecule has 0 aliphatic carbocycles. The molecule has 0 fully saturated rings. The molecular weight excluding hydrogens is 166 g/mol. The summed E-state index contributed by atoms with van der Waals surface area (Å²) in [5.74, 6) is 0.849. The lowest BCUT2D eigenvalue weighted by molar-refractivity contribution is 0.274. The fraction of sp³-hybridized carbons (Fsp3) is 0.333. The molecule has 0 saturated heterocycles. The minimum Gasteiger partial charge on any atom is -0.390 e. The fourth-order valence-electron chi connectivity index (χ4n) is 1.51. The smallest absolute Gasteiger partial charge is 0.140 e. The van der Waals surface area contributed by atoms with Crippen LogP contribution in [0.25, 0.3) is 5.65 Å². The monoisotopic (exact) mass is 177 g/mol. The van der Waals surface area contributed by atoms with Gasteiger partial charge in [-0.25, -0.2) is 9.97 Å². The van der Waals surface area contributed by atoms with Crippen molar-refractivity contribution in [2.24, 2.45) is 0 Å². The molecule has 0 amide bonds. The van der Waals surface area contributed by atoms with Gasteiger partial charge in [0.05, 0.1) is 18.0 Å². The quantitative estimate of drug-likeness (QED) is 0.702. The molecular formula is C9H11N3O. The van der Waals surface area contributed by atoms with Crippen LogP contribution in [0.5, 0.6) is 0 Å². The van der Waals surface area contributed by atoms with Crippen molar-refractivity contribution in [3.63, 3.8) is 0 Å². The summed E-state index contributed by atoms with van der Waals surface area (Å²) in [6.07, 6.45) is 1.72. The number of rotatable bonds is 1. The Morgan fingerprint density at radius 2 is 2.23 bits per heavy atom. The van der Waals surface area contributed by atoms with Crippen molar-refractivity contribution in [3.8, 4) is 0 Å². The van der Waals surface area contributed by atoms with Gasteiger partial charge in [-0.3, -0.25) is 4.40 Å². The molecule has 2 aromatic heterocycles. The van der Waals surface area contributed by atoms with Crippen LogP contribution in [-0.2, 0) is 6.61 Å². The first-order chi connectivity index (χ1) is 6.24. The number of aliphatic hydroxyl groups excluding tert-OH is 1. The molecule has 2 rings (SSSR count). The molecule has 2 aromatic rings. The van der Waals surface area contributed by atoms with E-state index in [2.05, 4.69) is 9.97 Å². The van der Waals surface area contributed by atoms with E-state index in [9.17, 15) is 0 Å². The van der Waals surface area contributed by atoms with Gasteiger partial charge in [-0.05, 0) is 19.9 Å². The van der Waals surface area contributed by atoms with E-state index in [1.165, 1.54) is 0 Å². The van der Waals surface area contributed by atoms with Crippen LogP contribution in [0.3, 0.4) is 0 Å². The maximum atomic E-state index is 9.14. The number of aromatic nitrogens is 3. The highest BCUT2D eigenvalue weighted by Gasteiger charge is 2.08. The maximum absolute atomic E-state index is 9.14. The van der Waals surface area contributed by atoms with E-state index in [1.807, 2.05) is 24.3 Å². The lowest BCUT2D eigenvalue weighted by Crippen LogP contribution is -1.99. The summed E-state index contributed by atoms with van der Waals surface area (Å²) in [5, 5.41) is 9.14. The molecule has 0 aliphatic heterocycles. The van der Waals surface area contributed by atoms with Crippen LogP contribution in [0.2, 0.25) is 0 Å². The van der Waals surface area contributed by atoms with E-state index in [4.69, 9.17) is 5.11 Å². The van der Waals surface area contributed by atoms with Crippen molar-refractivity contribution < 1.29 is 5.11 Å². The second-order valence-electron chi connectivity index (χ2n) is 2.99. The van der Waals surface area contributed by atoms with E-state index in [0.717, 1.165) is 22.9 Å². The number of hydrogen-bond donors (Lipinski definition) is 1. The Labute approximate surface area is 75.9 Å². The molecule has 0 saturated carbocycles. The molecule has 0 aliphatic rings. The molecule has 0 aromatic carbocycles. The van der Waals surface area contributed by atoms with Crippen molar-refractivity contribution in [3.05, 3.63) is 29.5 Å². The summed E-state index contributed by atoms with van der Waals surface area (Å²) < 4.78 is 1.87. The molecule has 0 unspecified atom stereocenters. The zero-order valence-corrected chi connectivity index (χ0v) is 7.65. The highest BCUT2D eigenvalue weighted by atomic mass is 16.3. The topological polar surface area (TPSA) is 50.4 Å². The third-order valence-corrected chi connectivity index (χ3v) is 2.16.